The van der Waals surface area contributed by atoms with E-state index in [0.29, 0.717) is 5.56 Å². The SMILES string of the molecule is COc1ccc(SCC2=C(O)c3ccccc3C(=O)C2=O)cc1. The molecule has 0 spiro atoms. The molecule has 0 saturated heterocycles. The highest BCUT2D eigenvalue weighted by atomic mass is 32.2. The first kappa shape index (κ1) is 15.4. The number of rotatable bonds is 4. The first-order chi connectivity index (χ1) is 11.1. The molecule has 5 heteroatoms. The first-order valence-corrected chi connectivity index (χ1v) is 7.97. The van der Waals surface area contributed by atoms with Crippen molar-refractivity contribution < 1.29 is 19.4 Å². The molecular weight excluding hydrogens is 312 g/mol. The number of carbonyl (C=O) groups is 2. The molecule has 3 rings (SSSR count). The van der Waals surface area contributed by atoms with Crippen LogP contribution in [-0.2, 0) is 4.79 Å². The fraction of sp³-hybridized carbons (Fsp3) is 0.111. The van der Waals surface area contributed by atoms with E-state index in [1.807, 2.05) is 24.3 Å². The number of benzene rings is 2. The summed E-state index contributed by atoms with van der Waals surface area (Å²) in [4.78, 5) is 25.3. The Kier molecular flexibility index (Phi) is 4.21. The molecule has 0 atom stereocenters. The normalized spacial score (nSPS) is 14.0. The van der Waals surface area contributed by atoms with Crippen molar-refractivity contribution in [2.24, 2.45) is 0 Å². The molecule has 0 aliphatic heterocycles. The maximum absolute atomic E-state index is 12.2. The summed E-state index contributed by atoms with van der Waals surface area (Å²) in [5.41, 5.74) is 0.824. The molecule has 2 aromatic rings. The molecule has 0 amide bonds. The topological polar surface area (TPSA) is 63.6 Å². The standard InChI is InChI=1S/C18H14O4S/c1-22-11-6-8-12(9-7-11)23-10-15-16(19)13-4-2-3-5-14(13)17(20)18(15)21/h2-9,19H,10H2,1H3. The van der Waals surface area contributed by atoms with Crippen molar-refractivity contribution in [2.45, 2.75) is 4.90 Å². The van der Waals surface area contributed by atoms with Gasteiger partial charge in [0.25, 0.3) is 0 Å². The molecule has 0 heterocycles. The Bertz CT molecular complexity index is 806. The molecule has 0 aromatic heterocycles. The minimum absolute atomic E-state index is 0.105. The van der Waals surface area contributed by atoms with Crippen LogP contribution in [0, 0.1) is 0 Å². The summed E-state index contributed by atoms with van der Waals surface area (Å²) in [6.07, 6.45) is 0. The van der Waals surface area contributed by atoms with Crippen molar-refractivity contribution in [1.29, 1.82) is 0 Å². The molecule has 2 aromatic carbocycles. The summed E-state index contributed by atoms with van der Waals surface area (Å²) in [5.74, 6) is -0.330. The monoisotopic (exact) mass is 326 g/mol. The molecule has 0 unspecified atom stereocenters. The number of hydrogen-bond acceptors (Lipinski definition) is 5. The van der Waals surface area contributed by atoms with Crippen molar-refractivity contribution in [2.75, 3.05) is 12.9 Å². The van der Waals surface area contributed by atoms with Gasteiger partial charge in [-0.1, -0.05) is 24.3 Å². The Morgan fingerprint density at radius 1 is 0.957 bits per heavy atom. The van der Waals surface area contributed by atoms with Gasteiger partial charge >= 0.3 is 0 Å². The molecule has 116 valence electrons. The average Bonchev–Trinajstić information content (AvgIpc) is 2.60. The average molecular weight is 326 g/mol. The van der Waals surface area contributed by atoms with Crippen molar-refractivity contribution >= 4 is 29.1 Å². The predicted molar refractivity (Wildman–Crippen MR) is 89.0 cm³/mol. The van der Waals surface area contributed by atoms with Crippen LogP contribution in [0.5, 0.6) is 5.75 Å². The Balaban J connectivity index is 1.86. The van der Waals surface area contributed by atoms with Crippen LogP contribution in [0.25, 0.3) is 5.76 Å². The third-order valence-corrected chi connectivity index (χ3v) is 4.67. The summed E-state index contributed by atoms with van der Waals surface area (Å²) in [6, 6.07) is 14.0. The summed E-state index contributed by atoms with van der Waals surface area (Å²) in [5, 5.41) is 10.3. The van der Waals surface area contributed by atoms with E-state index in [1.54, 1.807) is 31.4 Å². The number of thioether (sulfide) groups is 1. The molecule has 0 fully saturated rings. The number of carbonyl (C=O) groups excluding carboxylic acids is 2. The molecule has 0 radical (unpaired) electrons. The number of fused-ring (bicyclic) bond motifs is 1. The zero-order chi connectivity index (χ0) is 16.4. The summed E-state index contributed by atoms with van der Waals surface area (Å²) in [7, 11) is 1.59. The highest BCUT2D eigenvalue weighted by Gasteiger charge is 2.32. The Morgan fingerprint density at radius 2 is 1.61 bits per heavy atom. The number of ether oxygens (including phenoxy) is 1. The lowest BCUT2D eigenvalue weighted by molar-refractivity contribution is -0.111. The van der Waals surface area contributed by atoms with E-state index in [2.05, 4.69) is 0 Å². The van der Waals surface area contributed by atoms with Gasteiger partial charge in [-0.05, 0) is 24.3 Å². The van der Waals surface area contributed by atoms with Crippen LogP contribution in [0.3, 0.4) is 0 Å². The number of methoxy groups -OCH3 is 1. The van der Waals surface area contributed by atoms with Gasteiger partial charge in [0.15, 0.2) is 0 Å². The van der Waals surface area contributed by atoms with Crippen LogP contribution in [0.4, 0.5) is 0 Å². The summed E-state index contributed by atoms with van der Waals surface area (Å²) >= 11 is 1.38. The third kappa shape index (κ3) is 2.87. The molecule has 1 aliphatic rings. The zero-order valence-corrected chi connectivity index (χ0v) is 13.2. The fourth-order valence-corrected chi connectivity index (χ4v) is 3.29. The molecule has 1 aliphatic carbocycles. The molecule has 0 saturated carbocycles. The van der Waals surface area contributed by atoms with Gasteiger partial charge in [0.2, 0.25) is 11.6 Å². The van der Waals surface area contributed by atoms with E-state index in [1.165, 1.54) is 11.8 Å². The minimum atomic E-state index is -0.637. The Labute approximate surface area is 137 Å². The number of ketones is 2. The maximum Gasteiger partial charge on any atom is 0.234 e. The van der Waals surface area contributed by atoms with E-state index in [9.17, 15) is 14.7 Å². The van der Waals surface area contributed by atoms with Crippen molar-refractivity contribution in [3.05, 3.63) is 65.2 Å². The minimum Gasteiger partial charge on any atom is -0.507 e. The van der Waals surface area contributed by atoms with Crippen LogP contribution in [0.2, 0.25) is 0 Å². The number of aliphatic hydroxyl groups excluding tert-OH is 1. The van der Waals surface area contributed by atoms with Crippen LogP contribution in [-0.4, -0.2) is 29.5 Å². The highest BCUT2D eigenvalue weighted by Crippen LogP contribution is 2.31. The smallest absolute Gasteiger partial charge is 0.234 e. The van der Waals surface area contributed by atoms with E-state index in [4.69, 9.17) is 4.74 Å². The summed E-state index contributed by atoms with van der Waals surface area (Å²) in [6.45, 7) is 0. The van der Waals surface area contributed by atoms with Gasteiger partial charge in [-0.15, -0.1) is 11.8 Å². The maximum atomic E-state index is 12.2. The van der Waals surface area contributed by atoms with Gasteiger partial charge in [-0.25, -0.2) is 0 Å². The molecule has 23 heavy (non-hydrogen) atoms. The second kappa shape index (κ2) is 6.30. The Morgan fingerprint density at radius 3 is 2.26 bits per heavy atom. The van der Waals surface area contributed by atoms with Gasteiger partial charge in [0.1, 0.15) is 11.5 Å². The van der Waals surface area contributed by atoms with E-state index in [0.717, 1.165) is 10.6 Å². The zero-order valence-electron chi connectivity index (χ0n) is 12.4. The van der Waals surface area contributed by atoms with Crippen LogP contribution in [0.15, 0.2) is 59.0 Å². The van der Waals surface area contributed by atoms with Crippen LogP contribution >= 0.6 is 11.8 Å². The van der Waals surface area contributed by atoms with Crippen molar-refractivity contribution in [3.8, 4) is 5.75 Å². The molecular formula is C18H14O4S. The number of Topliss-reactive ketones (excluding diaryl/α,β-unsaturated/α-hetero) is 2. The fourth-order valence-electron chi connectivity index (χ4n) is 2.38. The Hall–Kier alpha value is -2.53. The second-order valence-electron chi connectivity index (χ2n) is 5.00. The van der Waals surface area contributed by atoms with Crippen molar-refractivity contribution in [3.63, 3.8) is 0 Å². The van der Waals surface area contributed by atoms with Gasteiger partial charge < -0.3 is 9.84 Å². The van der Waals surface area contributed by atoms with E-state index >= 15 is 0 Å². The lowest BCUT2D eigenvalue weighted by atomic mass is 9.89. The third-order valence-electron chi connectivity index (χ3n) is 3.64. The number of hydrogen-bond donors (Lipinski definition) is 1. The molecule has 1 N–H and O–H groups in total. The van der Waals surface area contributed by atoms with E-state index in [-0.39, 0.29) is 22.6 Å². The van der Waals surface area contributed by atoms with Gasteiger partial charge in [0.05, 0.1) is 12.7 Å². The lowest BCUT2D eigenvalue weighted by Crippen LogP contribution is -2.25. The quantitative estimate of drug-likeness (QED) is 0.688. The second-order valence-corrected chi connectivity index (χ2v) is 6.04. The highest BCUT2D eigenvalue weighted by molar-refractivity contribution is 7.99. The van der Waals surface area contributed by atoms with Gasteiger partial charge in [-0.3, -0.25) is 9.59 Å². The van der Waals surface area contributed by atoms with Crippen molar-refractivity contribution in [1.82, 2.24) is 0 Å². The van der Waals surface area contributed by atoms with Gasteiger partial charge in [-0.2, -0.15) is 0 Å². The summed E-state index contributed by atoms with van der Waals surface area (Å²) < 4.78 is 5.09. The number of aliphatic hydroxyl groups is 1. The lowest BCUT2D eigenvalue weighted by Gasteiger charge is -2.17. The largest absolute Gasteiger partial charge is 0.507 e. The molecule has 4 nitrogen and oxygen atoms in total. The van der Waals surface area contributed by atoms with Crippen LogP contribution in [0.1, 0.15) is 15.9 Å². The molecule has 0 bridgehead atoms. The first-order valence-electron chi connectivity index (χ1n) is 6.99. The van der Waals surface area contributed by atoms with Crippen LogP contribution < -0.4 is 4.74 Å². The predicted octanol–water partition coefficient (Wildman–Crippen LogP) is 3.52. The van der Waals surface area contributed by atoms with E-state index < -0.39 is 11.6 Å². The van der Waals surface area contributed by atoms with Gasteiger partial charge in [0, 0.05) is 21.8 Å².